The molecule has 0 aromatic carbocycles. The molecule has 100 valence electrons. The lowest BCUT2D eigenvalue weighted by Gasteiger charge is -2.43. The maximum atomic E-state index is 5.55. The van der Waals surface area contributed by atoms with E-state index in [0.717, 1.165) is 37.7 Å². The van der Waals surface area contributed by atoms with Gasteiger partial charge < -0.3 is 15.0 Å². The summed E-state index contributed by atoms with van der Waals surface area (Å²) in [7, 11) is 0. The molecule has 2 rings (SSSR count). The SMILES string of the molecule is CCNc1ncc(C)c(N2CCOCC2(C)C)n1. The largest absolute Gasteiger partial charge is 0.377 e. The Morgan fingerprint density at radius 1 is 1.50 bits per heavy atom. The number of aryl methyl sites for hydroxylation is 1. The van der Waals surface area contributed by atoms with Gasteiger partial charge in [-0.2, -0.15) is 4.98 Å². The number of hydrogen-bond donors (Lipinski definition) is 1. The van der Waals surface area contributed by atoms with Crippen LogP contribution in [0.1, 0.15) is 26.3 Å². The van der Waals surface area contributed by atoms with Gasteiger partial charge in [-0.15, -0.1) is 0 Å². The van der Waals surface area contributed by atoms with E-state index in [-0.39, 0.29) is 5.54 Å². The second-order valence-corrected chi connectivity index (χ2v) is 5.25. The fraction of sp³-hybridized carbons (Fsp3) is 0.692. The molecule has 1 N–H and O–H groups in total. The fourth-order valence-electron chi connectivity index (χ4n) is 2.20. The lowest BCUT2D eigenvalue weighted by atomic mass is 10.0. The van der Waals surface area contributed by atoms with Crippen molar-refractivity contribution in [2.45, 2.75) is 33.2 Å². The number of aromatic nitrogens is 2. The van der Waals surface area contributed by atoms with Crippen LogP contribution in [-0.2, 0) is 4.74 Å². The first kappa shape index (κ1) is 13.1. The summed E-state index contributed by atoms with van der Waals surface area (Å²) in [5.74, 6) is 1.70. The molecule has 0 atom stereocenters. The van der Waals surface area contributed by atoms with E-state index in [9.17, 15) is 0 Å². The Labute approximate surface area is 109 Å². The molecule has 0 aliphatic carbocycles. The highest BCUT2D eigenvalue weighted by Gasteiger charge is 2.32. The fourth-order valence-corrected chi connectivity index (χ4v) is 2.20. The minimum atomic E-state index is -0.0269. The highest BCUT2D eigenvalue weighted by Crippen LogP contribution is 2.28. The van der Waals surface area contributed by atoms with Crippen molar-refractivity contribution in [1.29, 1.82) is 0 Å². The molecular weight excluding hydrogens is 228 g/mol. The Bertz CT molecular complexity index is 419. The maximum Gasteiger partial charge on any atom is 0.224 e. The molecule has 0 spiro atoms. The zero-order valence-corrected chi connectivity index (χ0v) is 11.7. The van der Waals surface area contributed by atoms with Crippen LogP contribution in [0.25, 0.3) is 0 Å². The molecule has 1 aliphatic rings. The Balaban J connectivity index is 2.33. The normalized spacial score (nSPS) is 18.8. The average molecular weight is 250 g/mol. The van der Waals surface area contributed by atoms with Crippen molar-refractivity contribution in [1.82, 2.24) is 9.97 Å². The standard InChI is InChI=1S/C13H22N4O/c1-5-14-12-15-8-10(2)11(16-12)17-6-7-18-9-13(17,3)4/h8H,5-7,9H2,1-4H3,(H,14,15,16). The van der Waals surface area contributed by atoms with Gasteiger partial charge in [-0.3, -0.25) is 0 Å². The van der Waals surface area contributed by atoms with Crippen LogP contribution in [0.3, 0.4) is 0 Å². The molecule has 5 heteroatoms. The molecule has 0 bridgehead atoms. The summed E-state index contributed by atoms with van der Waals surface area (Å²) in [6, 6.07) is 0. The molecule has 0 unspecified atom stereocenters. The van der Waals surface area contributed by atoms with Gasteiger partial charge in [-0.25, -0.2) is 4.98 Å². The van der Waals surface area contributed by atoms with Gasteiger partial charge in [-0.05, 0) is 27.7 Å². The number of rotatable bonds is 3. The van der Waals surface area contributed by atoms with Crippen molar-refractivity contribution in [2.24, 2.45) is 0 Å². The molecule has 1 aliphatic heterocycles. The lowest BCUT2D eigenvalue weighted by Crippen LogP contribution is -2.53. The summed E-state index contributed by atoms with van der Waals surface area (Å²) in [5, 5.41) is 3.16. The summed E-state index contributed by atoms with van der Waals surface area (Å²) in [6.07, 6.45) is 1.88. The van der Waals surface area contributed by atoms with Crippen LogP contribution in [0.5, 0.6) is 0 Å². The second kappa shape index (κ2) is 5.10. The maximum absolute atomic E-state index is 5.55. The zero-order chi connectivity index (χ0) is 13.2. The van der Waals surface area contributed by atoms with Gasteiger partial charge >= 0.3 is 0 Å². The molecule has 5 nitrogen and oxygen atoms in total. The molecule has 1 fully saturated rings. The van der Waals surface area contributed by atoms with Crippen LogP contribution in [0.2, 0.25) is 0 Å². The van der Waals surface area contributed by atoms with E-state index in [1.54, 1.807) is 0 Å². The van der Waals surface area contributed by atoms with Crippen molar-refractivity contribution >= 4 is 11.8 Å². The van der Waals surface area contributed by atoms with Gasteiger partial charge in [-0.1, -0.05) is 0 Å². The second-order valence-electron chi connectivity index (χ2n) is 5.25. The summed E-state index contributed by atoms with van der Waals surface area (Å²) in [4.78, 5) is 11.2. The van der Waals surface area contributed by atoms with Gasteiger partial charge in [0.15, 0.2) is 0 Å². The molecular formula is C13H22N4O. The highest BCUT2D eigenvalue weighted by molar-refractivity contribution is 5.51. The molecule has 1 saturated heterocycles. The minimum absolute atomic E-state index is 0.0269. The predicted octanol–water partition coefficient (Wildman–Crippen LogP) is 1.83. The van der Waals surface area contributed by atoms with E-state index in [1.807, 2.05) is 13.1 Å². The topological polar surface area (TPSA) is 50.3 Å². The first-order valence-corrected chi connectivity index (χ1v) is 6.47. The first-order valence-electron chi connectivity index (χ1n) is 6.47. The van der Waals surface area contributed by atoms with Crippen LogP contribution in [0.4, 0.5) is 11.8 Å². The lowest BCUT2D eigenvalue weighted by molar-refractivity contribution is 0.0638. The third-order valence-corrected chi connectivity index (χ3v) is 3.18. The molecule has 18 heavy (non-hydrogen) atoms. The van der Waals surface area contributed by atoms with E-state index in [0.29, 0.717) is 5.95 Å². The molecule has 1 aromatic heterocycles. The van der Waals surface area contributed by atoms with E-state index >= 15 is 0 Å². The molecule has 2 heterocycles. The highest BCUT2D eigenvalue weighted by atomic mass is 16.5. The number of anilines is 2. The van der Waals surface area contributed by atoms with E-state index < -0.39 is 0 Å². The van der Waals surface area contributed by atoms with Crippen LogP contribution in [-0.4, -0.2) is 41.8 Å². The minimum Gasteiger partial charge on any atom is -0.377 e. The molecule has 0 radical (unpaired) electrons. The Morgan fingerprint density at radius 3 is 2.94 bits per heavy atom. The van der Waals surface area contributed by atoms with Crippen molar-refractivity contribution in [3.8, 4) is 0 Å². The summed E-state index contributed by atoms with van der Waals surface area (Å²) in [5.41, 5.74) is 1.08. The summed E-state index contributed by atoms with van der Waals surface area (Å²) < 4.78 is 5.55. The molecule has 1 aromatic rings. The van der Waals surface area contributed by atoms with Crippen molar-refractivity contribution in [3.63, 3.8) is 0 Å². The number of ether oxygens (including phenoxy) is 1. The van der Waals surface area contributed by atoms with Crippen LogP contribution in [0.15, 0.2) is 6.20 Å². The zero-order valence-electron chi connectivity index (χ0n) is 11.7. The number of hydrogen-bond acceptors (Lipinski definition) is 5. The van der Waals surface area contributed by atoms with Crippen LogP contribution in [0, 0.1) is 6.92 Å². The monoisotopic (exact) mass is 250 g/mol. The summed E-state index contributed by atoms with van der Waals surface area (Å²) in [6.45, 7) is 11.6. The third kappa shape index (κ3) is 2.56. The average Bonchev–Trinajstić information content (AvgIpc) is 2.32. The Hall–Kier alpha value is -1.36. The molecule has 0 saturated carbocycles. The first-order chi connectivity index (χ1) is 8.54. The smallest absolute Gasteiger partial charge is 0.224 e. The van der Waals surface area contributed by atoms with Crippen molar-refractivity contribution in [3.05, 3.63) is 11.8 Å². The van der Waals surface area contributed by atoms with Gasteiger partial charge in [0.05, 0.1) is 18.8 Å². The summed E-state index contributed by atoms with van der Waals surface area (Å²) >= 11 is 0. The van der Waals surface area contributed by atoms with Gasteiger partial charge in [0.1, 0.15) is 5.82 Å². The van der Waals surface area contributed by atoms with E-state index in [4.69, 9.17) is 4.74 Å². The van der Waals surface area contributed by atoms with Gasteiger partial charge in [0, 0.05) is 24.8 Å². The van der Waals surface area contributed by atoms with Crippen LogP contribution >= 0.6 is 0 Å². The van der Waals surface area contributed by atoms with Crippen molar-refractivity contribution < 1.29 is 4.74 Å². The quantitative estimate of drug-likeness (QED) is 0.887. The molecule has 0 amide bonds. The van der Waals surface area contributed by atoms with Gasteiger partial charge in [0.25, 0.3) is 0 Å². The Kier molecular flexibility index (Phi) is 3.71. The Morgan fingerprint density at radius 2 is 2.28 bits per heavy atom. The number of morpholine rings is 1. The van der Waals surface area contributed by atoms with E-state index in [1.165, 1.54) is 0 Å². The van der Waals surface area contributed by atoms with Gasteiger partial charge in [0.2, 0.25) is 5.95 Å². The van der Waals surface area contributed by atoms with E-state index in [2.05, 4.69) is 41.0 Å². The predicted molar refractivity (Wildman–Crippen MR) is 73.2 cm³/mol. The number of nitrogens with zero attached hydrogens (tertiary/aromatic N) is 3. The van der Waals surface area contributed by atoms with Crippen LogP contribution < -0.4 is 10.2 Å². The number of nitrogens with one attached hydrogen (secondary N) is 1. The third-order valence-electron chi connectivity index (χ3n) is 3.18. The van der Waals surface area contributed by atoms with Crippen molar-refractivity contribution in [2.75, 3.05) is 36.5 Å².